The van der Waals surface area contributed by atoms with Crippen LogP contribution in [-0.4, -0.2) is 18.0 Å². The third-order valence-electron chi connectivity index (χ3n) is 3.66. The highest BCUT2D eigenvalue weighted by molar-refractivity contribution is 7.15. The molecule has 3 rings (SSSR count). The fourth-order valence-corrected chi connectivity index (χ4v) is 3.34. The van der Waals surface area contributed by atoms with Gasteiger partial charge in [0.05, 0.1) is 7.11 Å². The molecule has 0 atom stereocenters. The molecule has 122 valence electrons. The Kier molecular flexibility index (Phi) is 4.91. The van der Waals surface area contributed by atoms with Crippen LogP contribution in [0.1, 0.15) is 20.9 Å². The summed E-state index contributed by atoms with van der Waals surface area (Å²) in [5, 5.41) is 3.78. The predicted octanol–water partition coefficient (Wildman–Crippen LogP) is 4.06. The molecule has 0 spiro atoms. The molecule has 3 aromatic rings. The SMILES string of the molecule is COc1ccccc1CNC(=O)c1nc(-c2ccccc2)sc1C. The summed E-state index contributed by atoms with van der Waals surface area (Å²) in [4.78, 5) is 17.9. The molecule has 24 heavy (non-hydrogen) atoms. The molecule has 0 saturated heterocycles. The van der Waals surface area contributed by atoms with Crippen molar-refractivity contribution in [3.63, 3.8) is 0 Å². The molecule has 1 N–H and O–H groups in total. The number of carbonyl (C=O) groups excluding carboxylic acids is 1. The largest absolute Gasteiger partial charge is 0.496 e. The minimum Gasteiger partial charge on any atom is -0.496 e. The number of amides is 1. The van der Waals surface area contributed by atoms with Crippen molar-refractivity contribution in [2.45, 2.75) is 13.5 Å². The number of benzene rings is 2. The summed E-state index contributed by atoms with van der Waals surface area (Å²) in [6, 6.07) is 17.5. The van der Waals surface area contributed by atoms with Crippen LogP contribution >= 0.6 is 11.3 Å². The summed E-state index contributed by atoms with van der Waals surface area (Å²) in [7, 11) is 1.62. The van der Waals surface area contributed by atoms with E-state index in [1.165, 1.54) is 11.3 Å². The molecule has 2 aromatic carbocycles. The molecule has 1 heterocycles. The van der Waals surface area contributed by atoms with Gasteiger partial charge in [0, 0.05) is 22.5 Å². The number of rotatable bonds is 5. The van der Waals surface area contributed by atoms with Crippen molar-refractivity contribution in [3.05, 3.63) is 70.7 Å². The molecule has 0 unspecified atom stereocenters. The van der Waals surface area contributed by atoms with Crippen LogP contribution in [0.25, 0.3) is 10.6 Å². The molecular weight excluding hydrogens is 320 g/mol. The van der Waals surface area contributed by atoms with Gasteiger partial charge in [-0.05, 0) is 13.0 Å². The smallest absolute Gasteiger partial charge is 0.271 e. The number of aromatic nitrogens is 1. The van der Waals surface area contributed by atoms with Gasteiger partial charge in [0.1, 0.15) is 16.5 Å². The molecule has 0 saturated carbocycles. The summed E-state index contributed by atoms with van der Waals surface area (Å²) in [6.07, 6.45) is 0. The lowest BCUT2D eigenvalue weighted by atomic mass is 10.2. The quantitative estimate of drug-likeness (QED) is 0.763. The Morgan fingerprint density at radius 3 is 2.58 bits per heavy atom. The van der Waals surface area contributed by atoms with Crippen LogP contribution in [-0.2, 0) is 6.54 Å². The van der Waals surface area contributed by atoms with E-state index in [1.54, 1.807) is 7.11 Å². The lowest BCUT2D eigenvalue weighted by Crippen LogP contribution is -2.24. The van der Waals surface area contributed by atoms with Crippen LogP contribution < -0.4 is 10.1 Å². The third-order valence-corrected chi connectivity index (χ3v) is 4.68. The minimum atomic E-state index is -0.170. The number of nitrogens with one attached hydrogen (secondary N) is 1. The van der Waals surface area contributed by atoms with Gasteiger partial charge in [0.2, 0.25) is 0 Å². The number of para-hydroxylation sites is 1. The fraction of sp³-hybridized carbons (Fsp3) is 0.158. The fourth-order valence-electron chi connectivity index (χ4n) is 2.42. The molecule has 1 aromatic heterocycles. The molecule has 0 aliphatic carbocycles. The molecule has 0 aliphatic heterocycles. The average Bonchev–Trinajstić information content (AvgIpc) is 3.02. The maximum Gasteiger partial charge on any atom is 0.271 e. The Bertz CT molecular complexity index is 844. The van der Waals surface area contributed by atoms with Crippen LogP contribution in [0.4, 0.5) is 0 Å². The van der Waals surface area contributed by atoms with Crippen molar-refractivity contribution in [3.8, 4) is 16.3 Å². The van der Waals surface area contributed by atoms with Crippen molar-refractivity contribution in [1.29, 1.82) is 0 Å². The summed E-state index contributed by atoms with van der Waals surface area (Å²) >= 11 is 1.53. The van der Waals surface area contributed by atoms with Crippen molar-refractivity contribution in [2.24, 2.45) is 0 Å². The maximum atomic E-state index is 12.5. The van der Waals surface area contributed by atoms with Crippen molar-refractivity contribution >= 4 is 17.2 Å². The number of aryl methyl sites for hydroxylation is 1. The second kappa shape index (κ2) is 7.27. The Morgan fingerprint density at radius 1 is 1.12 bits per heavy atom. The Balaban J connectivity index is 1.75. The van der Waals surface area contributed by atoms with Gasteiger partial charge in [-0.1, -0.05) is 48.5 Å². The molecule has 4 nitrogen and oxygen atoms in total. The van der Waals surface area contributed by atoms with Crippen LogP contribution in [0, 0.1) is 6.92 Å². The first-order valence-corrected chi connectivity index (χ1v) is 8.43. The number of thiazole rings is 1. The molecule has 0 bridgehead atoms. The average molecular weight is 338 g/mol. The van der Waals surface area contributed by atoms with E-state index in [4.69, 9.17) is 4.74 Å². The predicted molar refractivity (Wildman–Crippen MR) is 96.5 cm³/mol. The standard InChI is InChI=1S/C19H18N2O2S/c1-13-17(21-19(24-13)14-8-4-3-5-9-14)18(22)20-12-15-10-6-7-11-16(15)23-2/h3-11H,12H2,1-2H3,(H,20,22). The third kappa shape index (κ3) is 3.46. The summed E-state index contributed by atoms with van der Waals surface area (Å²) in [6.45, 7) is 2.32. The Labute approximate surface area is 145 Å². The topological polar surface area (TPSA) is 51.2 Å². The van der Waals surface area contributed by atoms with E-state index in [2.05, 4.69) is 10.3 Å². The van der Waals surface area contributed by atoms with Gasteiger partial charge >= 0.3 is 0 Å². The first-order chi connectivity index (χ1) is 11.7. The van der Waals surface area contributed by atoms with E-state index in [0.29, 0.717) is 12.2 Å². The van der Waals surface area contributed by atoms with Gasteiger partial charge in [-0.15, -0.1) is 11.3 Å². The molecule has 1 amide bonds. The zero-order chi connectivity index (χ0) is 16.9. The van der Waals surface area contributed by atoms with Gasteiger partial charge in [0.25, 0.3) is 5.91 Å². The summed E-state index contributed by atoms with van der Waals surface area (Å²) < 4.78 is 5.30. The van der Waals surface area contributed by atoms with E-state index < -0.39 is 0 Å². The summed E-state index contributed by atoms with van der Waals surface area (Å²) in [5.41, 5.74) is 2.44. The lowest BCUT2D eigenvalue weighted by molar-refractivity contribution is 0.0946. The highest BCUT2D eigenvalue weighted by Crippen LogP contribution is 2.27. The molecular formula is C19H18N2O2S. The zero-order valence-corrected chi connectivity index (χ0v) is 14.4. The number of ether oxygens (including phenoxy) is 1. The molecule has 0 fully saturated rings. The van der Waals surface area contributed by atoms with Crippen molar-refractivity contribution in [1.82, 2.24) is 10.3 Å². The van der Waals surface area contributed by atoms with Crippen LogP contribution in [0.2, 0.25) is 0 Å². The van der Waals surface area contributed by atoms with E-state index in [-0.39, 0.29) is 5.91 Å². The highest BCUT2D eigenvalue weighted by Gasteiger charge is 2.16. The number of hydrogen-bond acceptors (Lipinski definition) is 4. The normalized spacial score (nSPS) is 10.4. The summed E-state index contributed by atoms with van der Waals surface area (Å²) in [5.74, 6) is 0.592. The Morgan fingerprint density at radius 2 is 1.83 bits per heavy atom. The van der Waals surface area contributed by atoms with Gasteiger partial charge in [-0.25, -0.2) is 4.98 Å². The van der Waals surface area contributed by atoms with Crippen molar-refractivity contribution < 1.29 is 9.53 Å². The van der Waals surface area contributed by atoms with Crippen LogP contribution in [0.15, 0.2) is 54.6 Å². The molecule has 0 aliphatic rings. The first kappa shape index (κ1) is 16.2. The van der Waals surface area contributed by atoms with E-state index >= 15 is 0 Å². The number of nitrogens with zero attached hydrogens (tertiary/aromatic N) is 1. The number of carbonyl (C=O) groups is 1. The monoisotopic (exact) mass is 338 g/mol. The van der Waals surface area contributed by atoms with Crippen LogP contribution in [0.3, 0.4) is 0 Å². The lowest BCUT2D eigenvalue weighted by Gasteiger charge is -2.08. The first-order valence-electron chi connectivity index (χ1n) is 7.62. The van der Waals surface area contributed by atoms with Crippen molar-refractivity contribution in [2.75, 3.05) is 7.11 Å². The number of hydrogen-bond donors (Lipinski definition) is 1. The van der Waals surface area contributed by atoms with Gasteiger partial charge in [-0.2, -0.15) is 0 Å². The number of methoxy groups -OCH3 is 1. The van der Waals surface area contributed by atoms with E-state index in [9.17, 15) is 4.79 Å². The second-order valence-corrected chi connectivity index (χ2v) is 6.49. The highest BCUT2D eigenvalue weighted by atomic mass is 32.1. The van der Waals surface area contributed by atoms with E-state index in [1.807, 2.05) is 61.5 Å². The minimum absolute atomic E-state index is 0.170. The molecule has 5 heteroatoms. The molecule has 0 radical (unpaired) electrons. The van der Waals surface area contributed by atoms with Crippen LogP contribution in [0.5, 0.6) is 5.75 Å². The second-order valence-electron chi connectivity index (χ2n) is 5.28. The van der Waals surface area contributed by atoms with Gasteiger partial charge in [0.15, 0.2) is 0 Å². The van der Waals surface area contributed by atoms with Gasteiger partial charge in [-0.3, -0.25) is 4.79 Å². The maximum absolute atomic E-state index is 12.5. The van der Waals surface area contributed by atoms with E-state index in [0.717, 1.165) is 26.8 Å². The van der Waals surface area contributed by atoms with Gasteiger partial charge < -0.3 is 10.1 Å². The zero-order valence-electron chi connectivity index (χ0n) is 13.6. The Hall–Kier alpha value is -2.66.